The van der Waals surface area contributed by atoms with Crippen LogP contribution in [0.1, 0.15) is 23.4 Å². The Labute approximate surface area is 201 Å². The van der Waals surface area contributed by atoms with Gasteiger partial charge in [0.05, 0.1) is 13.1 Å². The molecule has 0 spiro atoms. The lowest BCUT2D eigenvalue weighted by molar-refractivity contribution is -0.274. The van der Waals surface area contributed by atoms with Crippen LogP contribution in [0, 0.1) is 0 Å². The Morgan fingerprint density at radius 2 is 1.78 bits per heavy atom. The number of alkyl halides is 3. The van der Waals surface area contributed by atoms with Gasteiger partial charge in [-0.3, -0.25) is 0 Å². The van der Waals surface area contributed by atoms with Crippen LogP contribution in [0.5, 0.6) is 5.75 Å². The Kier molecular flexibility index (Phi) is 9.82. The van der Waals surface area contributed by atoms with E-state index in [1.54, 1.807) is 6.20 Å². The number of hydrogen-bond acceptors (Lipinski definition) is 3. The first-order valence-electron chi connectivity index (χ1n) is 9.81. The summed E-state index contributed by atoms with van der Waals surface area (Å²) in [5.41, 5.74) is 7.92. The largest absolute Gasteiger partial charge is 0.573 e. The summed E-state index contributed by atoms with van der Waals surface area (Å²) < 4.78 is 42.5. The topological polar surface area (TPSA) is 77.5 Å². The molecule has 3 aromatic rings. The standard InChI is InChI=1S/C22H24F3N5O.HI/c23-22(24,25)31-19-10-8-18(9-11-19)15-28-21(26)29-16-20-27-12-14-30(20)13-4-7-17-5-2-1-3-6-17;/h1-3,5-6,8-12,14H,4,7,13,15-16H2,(H3,26,28,29);1H. The minimum atomic E-state index is -4.71. The van der Waals surface area contributed by atoms with Gasteiger partial charge < -0.3 is 20.4 Å². The van der Waals surface area contributed by atoms with E-state index in [0.29, 0.717) is 12.1 Å². The Morgan fingerprint density at radius 3 is 2.47 bits per heavy atom. The van der Waals surface area contributed by atoms with Gasteiger partial charge in [0.15, 0.2) is 5.96 Å². The number of halogens is 4. The second kappa shape index (κ2) is 12.3. The molecule has 1 heterocycles. The molecule has 0 saturated heterocycles. The summed E-state index contributed by atoms with van der Waals surface area (Å²) >= 11 is 0. The van der Waals surface area contributed by atoms with E-state index < -0.39 is 6.36 Å². The van der Waals surface area contributed by atoms with Crippen molar-refractivity contribution in [3.05, 3.63) is 83.9 Å². The Balaban J connectivity index is 0.00000363. The normalized spacial score (nSPS) is 11.7. The average molecular weight is 559 g/mol. The molecule has 0 radical (unpaired) electrons. The zero-order valence-electron chi connectivity index (χ0n) is 17.3. The van der Waals surface area contributed by atoms with Crippen molar-refractivity contribution >= 4 is 29.9 Å². The number of benzene rings is 2. The van der Waals surface area contributed by atoms with Crippen LogP contribution < -0.4 is 15.8 Å². The molecule has 172 valence electrons. The average Bonchev–Trinajstić information content (AvgIpc) is 3.19. The molecular weight excluding hydrogens is 534 g/mol. The van der Waals surface area contributed by atoms with Crippen molar-refractivity contribution in [2.45, 2.75) is 38.8 Å². The Hall–Kier alpha value is -2.76. The van der Waals surface area contributed by atoms with Crippen LogP contribution in [0.2, 0.25) is 0 Å². The molecule has 0 aliphatic rings. The van der Waals surface area contributed by atoms with Crippen LogP contribution in [-0.2, 0) is 26.1 Å². The number of nitrogens with two attached hydrogens (primary N) is 1. The van der Waals surface area contributed by atoms with E-state index >= 15 is 0 Å². The minimum Gasteiger partial charge on any atom is -0.406 e. The molecule has 0 amide bonds. The number of aromatic nitrogens is 2. The fraction of sp³-hybridized carbons (Fsp3) is 0.273. The van der Waals surface area contributed by atoms with E-state index in [0.717, 1.165) is 25.2 Å². The van der Waals surface area contributed by atoms with Crippen LogP contribution in [-0.4, -0.2) is 21.9 Å². The molecule has 3 N–H and O–H groups in total. The van der Waals surface area contributed by atoms with Gasteiger partial charge in [0.25, 0.3) is 0 Å². The number of aliphatic imine (C=N–C) groups is 1. The number of aryl methyl sites for hydroxylation is 2. The molecule has 2 aromatic carbocycles. The number of ether oxygens (including phenoxy) is 1. The van der Waals surface area contributed by atoms with E-state index in [-0.39, 0.29) is 42.2 Å². The first kappa shape index (κ1) is 25.5. The fourth-order valence-electron chi connectivity index (χ4n) is 3.01. The summed E-state index contributed by atoms with van der Waals surface area (Å²) in [6.07, 6.45) is 0.950. The predicted octanol–water partition coefficient (Wildman–Crippen LogP) is 4.64. The summed E-state index contributed by atoms with van der Waals surface area (Å²) in [5.74, 6) is 0.805. The van der Waals surface area contributed by atoms with Crippen LogP contribution in [0.25, 0.3) is 0 Å². The van der Waals surface area contributed by atoms with Crippen molar-refractivity contribution in [3.63, 3.8) is 0 Å². The van der Waals surface area contributed by atoms with Gasteiger partial charge in [0.2, 0.25) is 0 Å². The second-order valence-electron chi connectivity index (χ2n) is 6.87. The van der Waals surface area contributed by atoms with E-state index in [9.17, 15) is 13.2 Å². The van der Waals surface area contributed by atoms with Crippen LogP contribution in [0.15, 0.2) is 72.0 Å². The molecule has 0 atom stereocenters. The highest BCUT2D eigenvalue weighted by atomic mass is 127. The number of hydrogen-bond donors (Lipinski definition) is 2. The maximum Gasteiger partial charge on any atom is 0.573 e. The van der Waals surface area contributed by atoms with Gasteiger partial charge in [-0.1, -0.05) is 42.5 Å². The highest BCUT2D eigenvalue weighted by molar-refractivity contribution is 14.0. The SMILES string of the molecule is I.NC(=NCc1ccc(OC(F)(F)F)cc1)NCc1nccn1CCCc1ccccc1. The number of imidazole rings is 1. The highest BCUT2D eigenvalue weighted by Gasteiger charge is 2.30. The molecule has 3 rings (SSSR count). The van der Waals surface area contributed by atoms with E-state index in [1.165, 1.54) is 29.8 Å². The molecule has 6 nitrogen and oxygen atoms in total. The summed E-state index contributed by atoms with van der Waals surface area (Å²) in [5, 5.41) is 3.02. The molecule has 0 aliphatic heterocycles. The van der Waals surface area contributed by atoms with Crippen molar-refractivity contribution in [2.24, 2.45) is 10.7 Å². The molecule has 0 bridgehead atoms. The number of guanidine groups is 1. The third kappa shape index (κ3) is 8.77. The van der Waals surface area contributed by atoms with E-state index in [2.05, 4.69) is 36.7 Å². The monoisotopic (exact) mass is 559 g/mol. The maximum atomic E-state index is 12.2. The fourth-order valence-corrected chi connectivity index (χ4v) is 3.01. The molecule has 0 aliphatic carbocycles. The molecule has 0 unspecified atom stereocenters. The first-order chi connectivity index (χ1) is 14.9. The van der Waals surface area contributed by atoms with Gasteiger partial charge in [0, 0.05) is 18.9 Å². The third-order valence-electron chi connectivity index (χ3n) is 4.53. The lowest BCUT2D eigenvalue weighted by atomic mass is 10.1. The minimum absolute atomic E-state index is 0. The van der Waals surface area contributed by atoms with Crippen LogP contribution >= 0.6 is 24.0 Å². The molecular formula is C22H25F3IN5O. The predicted molar refractivity (Wildman–Crippen MR) is 128 cm³/mol. The first-order valence-corrected chi connectivity index (χ1v) is 9.81. The summed E-state index contributed by atoms with van der Waals surface area (Å²) in [4.78, 5) is 8.57. The molecule has 0 fully saturated rings. The van der Waals surface area contributed by atoms with Crippen molar-refractivity contribution in [3.8, 4) is 5.75 Å². The summed E-state index contributed by atoms with van der Waals surface area (Å²) in [7, 11) is 0. The quantitative estimate of drug-likeness (QED) is 0.228. The maximum absolute atomic E-state index is 12.2. The van der Waals surface area contributed by atoms with Gasteiger partial charge in [-0.15, -0.1) is 37.1 Å². The van der Waals surface area contributed by atoms with Crippen LogP contribution in [0.4, 0.5) is 13.2 Å². The van der Waals surface area contributed by atoms with Crippen molar-refractivity contribution in [1.29, 1.82) is 0 Å². The van der Waals surface area contributed by atoms with Gasteiger partial charge in [-0.05, 0) is 36.1 Å². The Morgan fingerprint density at radius 1 is 1.06 bits per heavy atom. The molecule has 10 heteroatoms. The summed E-state index contributed by atoms with van der Waals surface area (Å²) in [6, 6.07) is 15.8. The number of rotatable bonds is 9. The van der Waals surface area contributed by atoms with Gasteiger partial charge in [-0.25, -0.2) is 9.98 Å². The van der Waals surface area contributed by atoms with Crippen molar-refractivity contribution in [1.82, 2.24) is 14.9 Å². The van der Waals surface area contributed by atoms with Gasteiger partial charge in [-0.2, -0.15) is 0 Å². The Bertz CT molecular complexity index is 975. The van der Waals surface area contributed by atoms with Crippen LogP contribution in [0.3, 0.4) is 0 Å². The lowest BCUT2D eigenvalue weighted by Crippen LogP contribution is -2.32. The van der Waals surface area contributed by atoms with Gasteiger partial charge in [0.1, 0.15) is 11.6 Å². The lowest BCUT2D eigenvalue weighted by Gasteiger charge is -2.10. The molecule has 1 aromatic heterocycles. The van der Waals surface area contributed by atoms with E-state index in [4.69, 9.17) is 5.73 Å². The smallest absolute Gasteiger partial charge is 0.406 e. The van der Waals surface area contributed by atoms with Crippen molar-refractivity contribution in [2.75, 3.05) is 0 Å². The third-order valence-corrected chi connectivity index (χ3v) is 4.53. The zero-order valence-corrected chi connectivity index (χ0v) is 19.6. The van der Waals surface area contributed by atoms with Crippen molar-refractivity contribution < 1.29 is 17.9 Å². The highest BCUT2D eigenvalue weighted by Crippen LogP contribution is 2.22. The molecule has 0 saturated carbocycles. The van der Waals surface area contributed by atoms with Gasteiger partial charge >= 0.3 is 6.36 Å². The zero-order chi connectivity index (χ0) is 22.1. The summed E-state index contributed by atoms with van der Waals surface area (Å²) in [6.45, 7) is 1.50. The second-order valence-corrected chi connectivity index (χ2v) is 6.87. The number of nitrogens with zero attached hydrogens (tertiary/aromatic N) is 3. The number of nitrogens with one attached hydrogen (secondary N) is 1. The van der Waals surface area contributed by atoms with E-state index in [1.807, 2.05) is 24.4 Å². The molecule has 32 heavy (non-hydrogen) atoms.